The maximum atomic E-state index is 11.9. The molecule has 0 spiro atoms. The number of benzene rings is 1. The van der Waals surface area contributed by atoms with Crippen molar-refractivity contribution in [3.05, 3.63) is 29.8 Å². The molecule has 1 amide bonds. The zero-order valence-electron chi connectivity index (χ0n) is 17.3. The van der Waals surface area contributed by atoms with E-state index in [4.69, 9.17) is 7.48 Å². The van der Waals surface area contributed by atoms with Gasteiger partial charge in [-0.2, -0.15) is 0 Å². The molecule has 0 aliphatic rings. The lowest BCUT2D eigenvalue weighted by atomic mass is 9.81. The van der Waals surface area contributed by atoms with E-state index in [0.29, 0.717) is 12.8 Å². The van der Waals surface area contributed by atoms with Crippen LogP contribution in [0.15, 0.2) is 24.2 Å². The smallest absolute Gasteiger partial charge is 0.412 e. The van der Waals surface area contributed by atoms with Crippen molar-refractivity contribution in [3.8, 4) is 0 Å². The fourth-order valence-corrected chi connectivity index (χ4v) is 2.44. The Morgan fingerprint density at radius 2 is 1.79 bits per heavy atom. The molecule has 1 rings (SSSR count). The SMILES string of the molecule is [2H]c1cc(C[C@H](C)CC(C)(C)C(=O)O)cc([2H])c1NC(=O)OC(C)(C)C. The van der Waals surface area contributed by atoms with Crippen LogP contribution in [0.1, 0.15) is 56.3 Å². The molecule has 0 saturated carbocycles. The molecule has 0 saturated heterocycles. The maximum Gasteiger partial charge on any atom is 0.412 e. The lowest BCUT2D eigenvalue weighted by Gasteiger charge is -2.23. The standard InChI is InChI=1S/C19H29NO4/c1-13(12-19(5,6)16(21)22)11-14-7-9-15(10-8-14)20-17(23)24-18(2,3)4/h7-10,13H,11-12H2,1-6H3,(H,20,23)(H,21,22)/t13-/m0/s1/i9D,10D. The van der Waals surface area contributed by atoms with Crippen molar-refractivity contribution < 1.29 is 22.2 Å². The van der Waals surface area contributed by atoms with Crippen molar-refractivity contribution in [3.63, 3.8) is 0 Å². The number of carboxylic acids is 1. The van der Waals surface area contributed by atoms with Crippen LogP contribution in [0.2, 0.25) is 0 Å². The predicted octanol–water partition coefficient (Wildman–Crippen LogP) is 4.71. The minimum Gasteiger partial charge on any atom is -0.481 e. The molecular formula is C19H29NO4. The summed E-state index contributed by atoms with van der Waals surface area (Å²) >= 11 is 0. The Labute approximate surface area is 147 Å². The van der Waals surface area contributed by atoms with Gasteiger partial charge in [-0.3, -0.25) is 10.1 Å². The molecule has 0 unspecified atom stereocenters. The van der Waals surface area contributed by atoms with Gasteiger partial charge in [-0.1, -0.05) is 19.1 Å². The highest BCUT2D eigenvalue weighted by atomic mass is 16.6. The number of ether oxygens (including phenoxy) is 1. The van der Waals surface area contributed by atoms with Gasteiger partial charge in [0.1, 0.15) is 5.60 Å². The number of carbonyl (C=O) groups excluding carboxylic acids is 1. The topological polar surface area (TPSA) is 75.6 Å². The third-order valence-corrected chi connectivity index (χ3v) is 3.45. The quantitative estimate of drug-likeness (QED) is 0.788. The Hall–Kier alpha value is -2.04. The third kappa shape index (κ3) is 7.02. The van der Waals surface area contributed by atoms with E-state index < -0.39 is 23.1 Å². The summed E-state index contributed by atoms with van der Waals surface area (Å²) in [5.74, 6) is -0.770. The lowest BCUT2D eigenvalue weighted by molar-refractivity contribution is -0.147. The third-order valence-electron chi connectivity index (χ3n) is 3.45. The monoisotopic (exact) mass is 337 g/mol. The second-order valence-corrected chi connectivity index (χ2v) is 7.86. The molecule has 1 aromatic rings. The summed E-state index contributed by atoms with van der Waals surface area (Å²) in [5, 5.41) is 11.7. The summed E-state index contributed by atoms with van der Waals surface area (Å²) in [6, 6.07) is 3.25. The Morgan fingerprint density at radius 3 is 2.25 bits per heavy atom. The van der Waals surface area contributed by atoms with Crippen molar-refractivity contribution in [1.29, 1.82) is 0 Å². The molecule has 0 aliphatic heterocycles. The molecule has 0 heterocycles. The summed E-state index contributed by atoms with van der Waals surface area (Å²) in [6.07, 6.45) is 0.339. The number of hydrogen-bond acceptors (Lipinski definition) is 3. The van der Waals surface area contributed by atoms with E-state index in [1.807, 2.05) is 6.92 Å². The molecule has 1 atom stereocenters. The van der Waals surface area contributed by atoms with Crippen molar-refractivity contribution in [2.75, 3.05) is 5.32 Å². The minimum atomic E-state index is -0.844. The molecule has 5 heteroatoms. The van der Waals surface area contributed by atoms with Gasteiger partial charge in [0.2, 0.25) is 0 Å². The van der Waals surface area contributed by atoms with E-state index in [2.05, 4.69) is 5.32 Å². The molecule has 24 heavy (non-hydrogen) atoms. The van der Waals surface area contributed by atoms with Gasteiger partial charge in [-0.25, -0.2) is 4.79 Å². The van der Waals surface area contributed by atoms with E-state index in [1.54, 1.807) is 46.8 Å². The number of carboxylic acid groups (broad SMARTS) is 1. The summed E-state index contributed by atoms with van der Waals surface area (Å²) < 4.78 is 21.3. The fraction of sp³-hybridized carbons (Fsp3) is 0.579. The van der Waals surface area contributed by atoms with Gasteiger partial charge in [0.05, 0.1) is 8.16 Å². The number of rotatable bonds is 6. The van der Waals surface area contributed by atoms with Gasteiger partial charge >= 0.3 is 12.1 Å². The highest BCUT2D eigenvalue weighted by molar-refractivity contribution is 5.84. The molecule has 0 bridgehead atoms. The first-order chi connectivity index (χ1) is 11.7. The first kappa shape index (κ1) is 16.8. The number of hydrogen-bond donors (Lipinski definition) is 2. The predicted molar refractivity (Wildman–Crippen MR) is 95.2 cm³/mol. The van der Waals surface area contributed by atoms with Crippen LogP contribution in [0, 0.1) is 11.3 Å². The molecule has 0 aliphatic carbocycles. The normalized spacial score (nSPS) is 14.4. The average Bonchev–Trinajstić information content (AvgIpc) is 2.39. The molecule has 2 N–H and O–H groups in total. The maximum absolute atomic E-state index is 11.9. The van der Waals surface area contributed by atoms with Gasteiger partial charge in [0, 0.05) is 5.69 Å². The highest BCUT2D eigenvalue weighted by Gasteiger charge is 2.29. The van der Waals surface area contributed by atoms with Gasteiger partial charge in [-0.05, 0) is 71.0 Å². The molecule has 134 valence electrons. The molecular weight excluding hydrogens is 306 g/mol. The van der Waals surface area contributed by atoms with Crippen LogP contribution in [0.5, 0.6) is 0 Å². The van der Waals surface area contributed by atoms with Crippen molar-refractivity contribution in [2.24, 2.45) is 11.3 Å². The van der Waals surface area contributed by atoms with Crippen molar-refractivity contribution >= 4 is 17.7 Å². The van der Waals surface area contributed by atoms with E-state index in [9.17, 15) is 14.7 Å². The summed E-state index contributed by atoms with van der Waals surface area (Å²) in [4.78, 5) is 23.1. The van der Waals surface area contributed by atoms with Crippen LogP contribution >= 0.6 is 0 Å². The van der Waals surface area contributed by atoms with Gasteiger partial charge in [0.25, 0.3) is 0 Å². The van der Waals surface area contributed by atoms with Gasteiger partial charge < -0.3 is 9.84 Å². The summed E-state index contributed by atoms with van der Waals surface area (Å²) in [7, 11) is 0. The van der Waals surface area contributed by atoms with Crippen LogP contribution in [-0.4, -0.2) is 22.8 Å². The van der Waals surface area contributed by atoms with Gasteiger partial charge in [-0.15, -0.1) is 0 Å². The number of carbonyl (C=O) groups is 2. The zero-order valence-corrected chi connectivity index (χ0v) is 15.3. The van der Waals surface area contributed by atoms with Crippen molar-refractivity contribution in [2.45, 2.75) is 60.0 Å². The largest absolute Gasteiger partial charge is 0.481 e. The van der Waals surface area contributed by atoms with E-state index in [0.717, 1.165) is 5.56 Å². The van der Waals surface area contributed by atoms with E-state index in [1.165, 1.54) is 0 Å². The number of anilines is 1. The average molecular weight is 337 g/mol. The number of nitrogens with one attached hydrogen (secondary N) is 1. The Bertz CT molecular complexity index is 658. The van der Waals surface area contributed by atoms with Gasteiger partial charge in [0.15, 0.2) is 0 Å². The van der Waals surface area contributed by atoms with Crippen molar-refractivity contribution in [1.82, 2.24) is 0 Å². The van der Waals surface area contributed by atoms with Crippen LogP contribution in [0.4, 0.5) is 10.5 Å². The number of amides is 1. The fourth-order valence-electron chi connectivity index (χ4n) is 2.44. The lowest BCUT2D eigenvalue weighted by Crippen LogP contribution is -2.27. The Morgan fingerprint density at radius 1 is 1.25 bits per heavy atom. The molecule has 5 nitrogen and oxygen atoms in total. The van der Waals surface area contributed by atoms with Crippen LogP contribution in [0.25, 0.3) is 0 Å². The second kappa shape index (κ2) is 7.69. The minimum absolute atomic E-state index is 0.0306. The summed E-state index contributed by atoms with van der Waals surface area (Å²) in [5.41, 5.74) is -0.628. The molecule has 1 aromatic carbocycles. The van der Waals surface area contributed by atoms with Crippen LogP contribution < -0.4 is 5.32 Å². The number of aliphatic carboxylic acids is 1. The zero-order chi connectivity index (χ0) is 20.3. The van der Waals surface area contributed by atoms with E-state index >= 15 is 0 Å². The second-order valence-electron chi connectivity index (χ2n) is 7.86. The molecule has 0 fully saturated rings. The Balaban J connectivity index is 2.86. The highest BCUT2D eigenvalue weighted by Crippen LogP contribution is 2.27. The van der Waals surface area contributed by atoms with Crippen LogP contribution in [0.3, 0.4) is 0 Å². The molecule has 0 aromatic heterocycles. The first-order valence-corrected chi connectivity index (χ1v) is 8.05. The first-order valence-electron chi connectivity index (χ1n) is 9.05. The summed E-state index contributed by atoms with van der Waals surface area (Å²) in [6.45, 7) is 10.5. The van der Waals surface area contributed by atoms with E-state index in [-0.39, 0.29) is 23.7 Å². The molecule has 0 radical (unpaired) electrons. The Kier molecular flexibility index (Phi) is 5.38. The van der Waals surface area contributed by atoms with Crippen LogP contribution in [-0.2, 0) is 16.0 Å².